The summed E-state index contributed by atoms with van der Waals surface area (Å²) in [6, 6.07) is 3.30. The van der Waals surface area contributed by atoms with Gasteiger partial charge >= 0.3 is 0 Å². The Balaban J connectivity index is 2.17. The molecule has 0 aliphatic rings. The lowest BCUT2D eigenvalue weighted by atomic mass is 10.2. The standard InChI is InChI=1S/C12H15ClN4O2S2/c1-2-8-3-4-20-11(8)7-16-21(18,19)9-5-10(13)12(17-14)15-6-9/h3-6,16H,2,7,14H2,1H3,(H,15,17). The molecule has 0 atom stereocenters. The Kier molecular flexibility index (Phi) is 5.17. The Bertz CT molecular complexity index is 731. The fourth-order valence-corrected chi connectivity index (χ4v) is 4.01. The van der Waals surface area contributed by atoms with Crippen LogP contribution in [0.1, 0.15) is 17.4 Å². The zero-order valence-corrected chi connectivity index (χ0v) is 13.6. The van der Waals surface area contributed by atoms with Crippen LogP contribution in [0.25, 0.3) is 0 Å². The highest BCUT2D eigenvalue weighted by atomic mass is 35.5. The number of aryl methyl sites for hydroxylation is 1. The van der Waals surface area contributed by atoms with Crippen LogP contribution in [0.2, 0.25) is 5.02 Å². The van der Waals surface area contributed by atoms with Gasteiger partial charge in [0.25, 0.3) is 0 Å². The topological polar surface area (TPSA) is 97.1 Å². The minimum absolute atomic E-state index is 0.00102. The van der Waals surface area contributed by atoms with Crippen LogP contribution in [0.5, 0.6) is 0 Å². The zero-order valence-electron chi connectivity index (χ0n) is 11.3. The molecule has 0 aliphatic carbocycles. The van der Waals surface area contributed by atoms with Crippen LogP contribution in [0, 0.1) is 0 Å². The van der Waals surface area contributed by atoms with Crippen molar-refractivity contribution in [3.05, 3.63) is 39.2 Å². The van der Waals surface area contributed by atoms with E-state index in [-0.39, 0.29) is 22.3 Å². The molecular formula is C12H15ClN4O2S2. The minimum Gasteiger partial charge on any atom is -0.307 e. The lowest BCUT2D eigenvalue weighted by Gasteiger charge is -2.08. The maximum atomic E-state index is 12.2. The van der Waals surface area contributed by atoms with Crippen LogP contribution in [0.15, 0.2) is 28.6 Å². The molecule has 2 aromatic rings. The van der Waals surface area contributed by atoms with Gasteiger partial charge in [0.2, 0.25) is 10.0 Å². The van der Waals surface area contributed by atoms with E-state index < -0.39 is 10.0 Å². The SMILES string of the molecule is CCc1ccsc1CNS(=O)(=O)c1cnc(NN)c(Cl)c1. The molecule has 4 N–H and O–H groups in total. The number of anilines is 1. The predicted molar refractivity (Wildman–Crippen MR) is 84.8 cm³/mol. The highest BCUT2D eigenvalue weighted by molar-refractivity contribution is 7.89. The molecule has 6 nitrogen and oxygen atoms in total. The Hall–Kier alpha value is -1.19. The van der Waals surface area contributed by atoms with Gasteiger partial charge in [-0.2, -0.15) is 0 Å². The van der Waals surface area contributed by atoms with Gasteiger partial charge in [-0.3, -0.25) is 0 Å². The molecule has 0 bridgehead atoms. The van der Waals surface area contributed by atoms with Gasteiger partial charge in [-0.05, 0) is 29.5 Å². The number of nitrogens with zero attached hydrogens (tertiary/aromatic N) is 1. The second-order valence-corrected chi connectivity index (χ2v) is 7.37. The van der Waals surface area contributed by atoms with Gasteiger partial charge in [-0.25, -0.2) is 24.0 Å². The van der Waals surface area contributed by atoms with E-state index in [1.165, 1.54) is 23.6 Å². The summed E-state index contributed by atoms with van der Waals surface area (Å²) in [6.07, 6.45) is 2.07. The van der Waals surface area contributed by atoms with E-state index in [1.807, 2.05) is 18.4 Å². The molecule has 9 heteroatoms. The number of hydrazine groups is 1. The minimum atomic E-state index is -3.67. The quantitative estimate of drug-likeness (QED) is 0.550. The smallest absolute Gasteiger partial charge is 0.242 e. The van der Waals surface area contributed by atoms with Gasteiger partial charge < -0.3 is 5.43 Å². The summed E-state index contributed by atoms with van der Waals surface area (Å²) in [5, 5.41) is 2.09. The molecule has 0 aromatic carbocycles. The van der Waals surface area contributed by atoms with Gasteiger partial charge in [0.05, 0.1) is 5.02 Å². The van der Waals surface area contributed by atoms with Crippen molar-refractivity contribution in [2.75, 3.05) is 5.43 Å². The van der Waals surface area contributed by atoms with E-state index in [1.54, 1.807) is 0 Å². The van der Waals surface area contributed by atoms with Crippen molar-refractivity contribution in [1.82, 2.24) is 9.71 Å². The lowest BCUT2D eigenvalue weighted by Crippen LogP contribution is -2.23. The Morgan fingerprint density at radius 2 is 2.24 bits per heavy atom. The monoisotopic (exact) mass is 346 g/mol. The lowest BCUT2D eigenvalue weighted by molar-refractivity contribution is 0.581. The molecule has 0 aliphatic heterocycles. The highest BCUT2D eigenvalue weighted by Crippen LogP contribution is 2.22. The molecule has 0 amide bonds. The Morgan fingerprint density at radius 1 is 1.48 bits per heavy atom. The number of nitrogens with one attached hydrogen (secondary N) is 2. The summed E-state index contributed by atoms with van der Waals surface area (Å²) in [6.45, 7) is 2.28. The largest absolute Gasteiger partial charge is 0.307 e. The number of hydrogen-bond donors (Lipinski definition) is 3. The molecule has 2 heterocycles. The third kappa shape index (κ3) is 3.72. The average Bonchev–Trinajstić information content (AvgIpc) is 2.92. The van der Waals surface area contributed by atoms with E-state index >= 15 is 0 Å². The van der Waals surface area contributed by atoms with Gasteiger partial charge in [-0.1, -0.05) is 18.5 Å². The summed E-state index contributed by atoms with van der Waals surface area (Å²) < 4.78 is 27.0. The van der Waals surface area contributed by atoms with Crippen molar-refractivity contribution in [2.45, 2.75) is 24.8 Å². The third-order valence-electron chi connectivity index (χ3n) is 2.90. The molecule has 0 fully saturated rings. The third-order valence-corrected chi connectivity index (χ3v) is 5.52. The molecule has 2 rings (SSSR count). The van der Waals surface area contributed by atoms with Crippen molar-refractivity contribution >= 4 is 38.8 Å². The van der Waals surface area contributed by atoms with Crippen molar-refractivity contribution < 1.29 is 8.42 Å². The number of thiophene rings is 1. The van der Waals surface area contributed by atoms with Crippen LogP contribution in [0.4, 0.5) is 5.82 Å². The van der Waals surface area contributed by atoms with E-state index in [9.17, 15) is 8.42 Å². The van der Waals surface area contributed by atoms with Gasteiger partial charge in [0, 0.05) is 17.6 Å². The summed E-state index contributed by atoms with van der Waals surface area (Å²) in [7, 11) is -3.67. The first-order valence-electron chi connectivity index (χ1n) is 6.15. The van der Waals surface area contributed by atoms with Crippen molar-refractivity contribution in [3.63, 3.8) is 0 Å². The fourth-order valence-electron chi connectivity index (χ4n) is 1.75. The number of pyridine rings is 1. The molecule has 0 radical (unpaired) electrons. The first-order chi connectivity index (χ1) is 9.97. The highest BCUT2D eigenvalue weighted by Gasteiger charge is 2.17. The Labute approximate surface area is 132 Å². The van der Waals surface area contributed by atoms with Gasteiger partial charge in [0.15, 0.2) is 5.82 Å². The van der Waals surface area contributed by atoms with Gasteiger partial charge in [-0.15, -0.1) is 11.3 Å². The first-order valence-corrected chi connectivity index (χ1v) is 8.89. The average molecular weight is 347 g/mol. The molecule has 21 heavy (non-hydrogen) atoms. The van der Waals surface area contributed by atoms with Crippen LogP contribution in [-0.2, 0) is 23.0 Å². The summed E-state index contributed by atoms with van der Waals surface area (Å²) in [5.41, 5.74) is 3.43. The number of aromatic nitrogens is 1. The molecule has 0 spiro atoms. The molecule has 2 aromatic heterocycles. The van der Waals surface area contributed by atoms with E-state index in [2.05, 4.69) is 15.1 Å². The summed E-state index contributed by atoms with van der Waals surface area (Å²) in [4.78, 5) is 4.86. The predicted octanol–water partition coefficient (Wildman–Crippen LogP) is 2.12. The maximum Gasteiger partial charge on any atom is 0.242 e. The van der Waals surface area contributed by atoms with Crippen LogP contribution >= 0.6 is 22.9 Å². The number of sulfonamides is 1. The van der Waals surface area contributed by atoms with E-state index in [0.29, 0.717) is 0 Å². The van der Waals surface area contributed by atoms with Crippen LogP contribution < -0.4 is 16.0 Å². The normalized spacial score (nSPS) is 11.6. The van der Waals surface area contributed by atoms with E-state index in [4.69, 9.17) is 17.4 Å². The fraction of sp³-hybridized carbons (Fsp3) is 0.250. The van der Waals surface area contributed by atoms with Crippen molar-refractivity contribution in [2.24, 2.45) is 5.84 Å². The molecule has 114 valence electrons. The van der Waals surface area contributed by atoms with E-state index in [0.717, 1.165) is 16.9 Å². The number of rotatable bonds is 6. The van der Waals surface area contributed by atoms with Crippen molar-refractivity contribution in [3.8, 4) is 0 Å². The van der Waals surface area contributed by atoms with Crippen LogP contribution in [0.3, 0.4) is 0 Å². The Morgan fingerprint density at radius 3 is 2.86 bits per heavy atom. The molecule has 0 saturated heterocycles. The molecule has 0 unspecified atom stereocenters. The number of halogens is 1. The van der Waals surface area contributed by atoms with Crippen LogP contribution in [-0.4, -0.2) is 13.4 Å². The summed E-state index contributed by atoms with van der Waals surface area (Å²) >= 11 is 7.41. The second-order valence-electron chi connectivity index (χ2n) is 4.19. The number of nitrogen functional groups attached to an aromatic ring is 1. The first kappa shape index (κ1) is 16.2. The van der Waals surface area contributed by atoms with Gasteiger partial charge in [0.1, 0.15) is 4.90 Å². The number of hydrogen-bond acceptors (Lipinski definition) is 6. The molecule has 0 saturated carbocycles. The summed E-state index contributed by atoms with van der Waals surface area (Å²) in [5.74, 6) is 5.43. The number of nitrogens with two attached hydrogens (primary N) is 1. The van der Waals surface area contributed by atoms with Crippen molar-refractivity contribution in [1.29, 1.82) is 0 Å². The second kappa shape index (κ2) is 6.71. The maximum absolute atomic E-state index is 12.2. The zero-order chi connectivity index (χ0) is 15.5. The molecular weight excluding hydrogens is 332 g/mol.